The number of aromatic hydroxyl groups is 1. The molecular formula is C20H26N2O6. The molecule has 8 nitrogen and oxygen atoms in total. The van der Waals surface area contributed by atoms with Crippen molar-refractivity contribution in [2.45, 2.75) is 69.6 Å². The summed E-state index contributed by atoms with van der Waals surface area (Å²) in [7, 11) is 0. The summed E-state index contributed by atoms with van der Waals surface area (Å²) in [5, 5.41) is 17.3. The van der Waals surface area contributed by atoms with Crippen LogP contribution in [0.4, 0.5) is 0 Å². The minimum absolute atomic E-state index is 0.0267. The molecule has 0 radical (unpaired) electrons. The molecule has 1 amide bonds. The Morgan fingerprint density at radius 1 is 1.29 bits per heavy atom. The van der Waals surface area contributed by atoms with Crippen molar-refractivity contribution in [3.63, 3.8) is 0 Å². The molecule has 1 aliphatic carbocycles. The van der Waals surface area contributed by atoms with Crippen LogP contribution in [0, 0.1) is 0 Å². The predicted octanol–water partition coefficient (Wildman–Crippen LogP) is 1.61. The molecule has 0 bridgehead atoms. The molecule has 1 saturated heterocycles. The van der Waals surface area contributed by atoms with Crippen LogP contribution in [-0.4, -0.2) is 54.4 Å². The Labute approximate surface area is 163 Å². The van der Waals surface area contributed by atoms with Crippen molar-refractivity contribution in [3.8, 4) is 17.2 Å². The smallest absolute Gasteiger partial charge is 0.255 e. The molecule has 0 spiro atoms. The van der Waals surface area contributed by atoms with Gasteiger partial charge in [-0.25, -0.2) is 0 Å². The number of nitrogens with one attached hydrogen (secondary N) is 2. The zero-order valence-electron chi connectivity index (χ0n) is 16.3. The molecular weight excluding hydrogens is 364 g/mol. The van der Waals surface area contributed by atoms with E-state index in [1.54, 1.807) is 0 Å². The highest BCUT2D eigenvalue weighted by molar-refractivity contribution is 6.01. The van der Waals surface area contributed by atoms with E-state index in [1.807, 2.05) is 19.9 Å². The summed E-state index contributed by atoms with van der Waals surface area (Å²) in [6.45, 7) is 6.85. The van der Waals surface area contributed by atoms with E-state index in [4.69, 9.17) is 18.9 Å². The second-order valence-electron chi connectivity index (χ2n) is 8.39. The molecule has 3 heterocycles. The molecule has 1 saturated carbocycles. The molecule has 3 aliphatic heterocycles. The van der Waals surface area contributed by atoms with Gasteiger partial charge in [0.15, 0.2) is 17.3 Å². The van der Waals surface area contributed by atoms with E-state index in [0.29, 0.717) is 5.75 Å². The maximum atomic E-state index is 12.9. The molecule has 2 fully saturated rings. The molecule has 152 valence electrons. The minimum atomic E-state index is -0.710. The van der Waals surface area contributed by atoms with Gasteiger partial charge in [0.25, 0.3) is 5.91 Å². The van der Waals surface area contributed by atoms with Crippen molar-refractivity contribution < 1.29 is 28.8 Å². The van der Waals surface area contributed by atoms with Crippen molar-refractivity contribution >= 4 is 5.91 Å². The third kappa shape index (κ3) is 2.58. The Morgan fingerprint density at radius 3 is 2.86 bits per heavy atom. The van der Waals surface area contributed by atoms with Crippen LogP contribution < -0.4 is 20.1 Å². The molecule has 3 N–H and O–H groups in total. The van der Waals surface area contributed by atoms with Crippen molar-refractivity contribution in [1.82, 2.24) is 10.6 Å². The highest BCUT2D eigenvalue weighted by Crippen LogP contribution is 2.51. The highest BCUT2D eigenvalue weighted by atomic mass is 16.8. The van der Waals surface area contributed by atoms with Gasteiger partial charge in [-0.3, -0.25) is 4.79 Å². The Kier molecular flexibility index (Phi) is 4.01. The van der Waals surface area contributed by atoms with Crippen LogP contribution in [0.1, 0.15) is 55.5 Å². The summed E-state index contributed by atoms with van der Waals surface area (Å²) < 4.78 is 23.3. The van der Waals surface area contributed by atoms with Crippen LogP contribution in [0.25, 0.3) is 0 Å². The number of phenolic OH excluding ortho intramolecular Hbond substituents is 1. The fourth-order valence-electron chi connectivity index (χ4n) is 5.02. The van der Waals surface area contributed by atoms with Gasteiger partial charge < -0.3 is 34.7 Å². The van der Waals surface area contributed by atoms with Crippen LogP contribution in [0.2, 0.25) is 0 Å². The van der Waals surface area contributed by atoms with Gasteiger partial charge in [0.1, 0.15) is 12.2 Å². The summed E-state index contributed by atoms with van der Waals surface area (Å²) in [5.74, 6) is -0.485. The molecule has 0 aromatic heterocycles. The lowest BCUT2D eigenvalue weighted by Crippen LogP contribution is -2.62. The Hall–Kier alpha value is -2.03. The average Bonchev–Trinajstić information content (AvgIpc) is 3.23. The van der Waals surface area contributed by atoms with Gasteiger partial charge in [0, 0.05) is 12.0 Å². The summed E-state index contributed by atoms with van der Waals surface area (Å²) in [6, 6.07) is 1.70. The third-order valence-electron chi connectivity index (χ3n) is 6.10. The first-order chi connectivity index (χ1) is 13.4. The molecule has 4 aliphatic rings. The molecule has 8 heteroatoms. The maximum Gasteiger partial charge on any atom is 0.255 e. The molecule has 1 aromatic rings. The number of amides is 1. The Morgan fingerprint density at radius 2 is 2.07 bits per heavy atom. The first-order valence-electron chi connectivity index (χ1n) is 9.95. The van der Waals surface area contributed by atoms with Gasteiger partial charge in [0.2, 0.25) is 12.5 Å². The molecule has 5 atom stereocenters. The van der Waals surface area contributed by atoms with Crippen molar-refractivity contribution in [1.29, 1.82) is 0 Å². The summed E-state index contributed by atoms with van der Waals surface area (Å²) in [5.41, 5.74) is 1.06. The summed E-state index contributed by atoms with van der Waals surface area (Å²) in [4.78, 5) is 12.9. The number of hydrogen-bond donors (Lipinski definition) is 3. The van der Waals surface area contributed by atoms with E-state index in [1.165, 1.54) is 0 Å². The van der Waals surface area contributed by atoms with Crippen molar-refractivity contribution in [3.05, 3.63) is 17.2 Å². The SMILES string of the molecule is CCCNC1C[C@@H]2c3cc4c(c(O)c3C(=O)N[C@H]2[C@@H]2OC(C)(C)O[C@H]12)OCO4. The van der Waals surface area contributed by atoms with E-state index in [-0.39, 0.29) is 60.0 Å². The highest BCUT2D eigenvalue weighted by Gasteiger charge is 2.57. The van der Waals surface area contributed by atoms with Gasteiger partial charge in [-0.05, 0) is 44.9 Å². The van der Waals surface area contributed by atoms with Gasteiger partial charge in [-0.1, -0.05) is 6.92 Å². The number of fused-ring (bicyclic) bond motifs is 6. The number of carbonyl (C=O) groups is 1. The van der Waals surface area contributed by atoms with Crippen LogP contribution in [-0.2, 0) is 9.47 Å². The molecule has 28 heavy (non-hydrogen) atoms. The third-order valence-corrected chi connectivity index (χ3v) is 6.10. The van der Waals surface area contributed by atoms with E-state index >= 15 is 0 Å². The van der Waals surface area contributed by atoms with Crippen LogP contribution >= 0.6 is 0 Å². The van der Waals surface area contributed by atoms with Gasteiger partial charge in [0.05, 0.1) is 11.6 Å². The maximum absolute atomic E-state index is 12.9. The molecule has 1 aromatic carbocycles. The number of hydrogen-bond acceptors (Lipinski definition) is 7. The van der Waals surface area contributed by atoms with Crippen molar-refractivity contribution in [2.75, 3.05) is 13.3 Å². The topological polar surface area (TPSA) is 98.3 Å². The first-order valence-corrected chi connectivity index (χ1v) is 9.95. The zero-order valence-corrected chi connectivity index (χ0v) is 16.3. The number of benzene rings is 1. The minimum Gasteiger partial charge on any atom is -0.504 e. The molecule has 1 unspecified atom stereocenters. The lowest BCUT2D eigenvalue weighted by Gasteiger charge is -2.45. The fourth-order valence-corrected chi connectivity index (χ4v) is 5.02. The van der Waals surface area contributed by atoms with Crippen LogP contribution in [0.3, 0.4) is 0 Å². The lowest BCUT2D eigenvalue weighted by molar-refractivity contribution is -0.148. The lowest BCUT2D eigenvalue weighted by atomic mass is 9.71. The number of rotatable bonds is 3. The monoisotopic (exact) mass is 390 g/mol. The van der Waals surface area contributed by atoms with Gasteiger partial charge in [-0.2, -0.15) is 0 Å². The number of phenols is 1. The molecule has 5 rings (SSSR count). The van der Waals surface area contributed by atoms with Gasteiger partial charge in [-0.15, -0.1) is 0 Å². The van der Waals surface area contributed by atoms with E-state index in [9.17, 15) is 9.90 Å². The average molecular weight is 390 g/mol. The normalized spacial score (nSPS) is 34.4. The van der Waals surface area contributed by atoms with Crippen LogP contribution in [0.5, 0.6) is 17.2 Å². The second kappa shape index (κ2) is 6.23. The predicted molar refractivity (Wildman–Crippen MR) is 98.7 cm³/mol. The second-order valence-corrected chi connectivity index (χ2v) is 8.39. The number of ether oxygens (including phenoxy) is 4. The standard InChI is InChI=1S/C20H26N2O6/c1-4-5-21-11-6-10-9-7-12-17(26-8-25-12)15(23)13(9)19(24)22-14(10)18-16(11)27-20(2,3)28-18/h7,10-11,14,16,18,21,23H,4-6,8H2,1-3H3,(H,22,24)/t10-,11?,14-,16-,18+/m1/s1. The van der Waals surface area contributed by atoms with E-state index in [0.717, 1.165) is 24.9 Å². The fraction of sp³-hybridized carbons (Fsp3) is 0.650. The van der Waals surface area contributed by atoms with Gasteiger partial charge >= 0.3 is 0 Å². The van der Waals surface area contributed by atoms with Crippen LogP contribution in [0.15, 0.2) is 6.07 Å². The number of carbonyl (C=O) groups excluding carboxylic acids is 1. The summed E-state index contributed by atoms with van der Waals surface area (Å²) >= 11 is 0. The largest absolute Gasteiger partial charge is 0.504 e. The first kappa shape index (κ1) is 18.0. The van der Waals surface area contributed by atoms with Crippen molar-refractivity contribution in [2.24, 2.45) is 0 Å². The Bertz CT molecular complexity index is 825. The zero-order chi connectivity index (χ0) is 19.6. The Balaban J connectivity index is 1.58. The summed E-state index contributed by atoms with van der Waals surface area (Å²) in [6.07, 6.45) is 1.36. The van der Waals surface area contributed by atoms with E-state index < -0.39 is 5.79 Å². The van der Waals surface area contributed by atoms with E-state index in [2.05, 4.69) is 17.6 Å². The quantitative estimate of drug-likeness (QED) is 0.721.